The Morgan fingerprint density at radius 3 is 2.76 bits per heavy atom. The summed E-state index contributed by atoms with van der Waals surface area (Å²) in [5.41, 5.74) is 4.35. The summed E-state index contributed by atoms with van der Waals surface area (Å²) in [5, 5.41) is 11.8. The number of amides is 1. The predicted octanol–water partition coefficient (Wildman–Crippen LogP) is 4.49. The lowest BCUT2D eigenvalue weighted by atomic mass is 9.74. The van der Waals surface area contributed by atoms with Crippen LogP contribution >= 0.6 is 0 Å². The number of hydrogen-bond donors (Lipinski definition) is 1. The standard InChI is InChI=1S/C23H28N4O2/c1-15(2)18-10-21(29-26-18)22(28)25-19-11-23(3,4)12-20-17(19)13-24-27(20)14-16-8-6-5-7-9-16/h5-10,13,15,19H,11-12,14H2,1-4H3,(H,25,28). The number of benzene rings is 1. The molecule has 4 rings (SSSR count). The van der Waals surface area contributed by atoms with Crippen molar-refractivity contribution in [3.63, 3.8) is 0 Å². The van der Waals surface area contributed by atoms with Crippen molar-refractivity contribution in [2.24, 2.45) is 5.41 Å². The minimum atomic E-state index is -0.228. The number of aromatic nitrogens is 3. The first-order chi connectivity index (χ1) is 13.8. The fourth-order valence-electron chi connectivity index (χ4n) is 4.02. The lowest BCUT2D eigenvalue weighted by molar-refractivity contribution is 0.0881. The van der Waals surface area contributed by atoms with E-state index in [0.717, 1.165) is 30.6 Å². The summed E-state index contributed by atoms with van der Waals surface area (Å²) >= 11 is 0. The van der Waals surface area contributed by atoms with Crippen molar-refractivity contribution < 1.29 is 9.32 Å². The first-order valence-electron chi connectivity index (χ1n) is 10.2. The van der Waals surface area contributed by atoms with Gasteiger partial charge in [-0.05, 0) is 29.7 Å². The van der Waals surface area contributed by atoms with Crippen LogP contribution in [-0.4, -0.2) is 20.8 Å². The molecule has 2 heterocycles. The monoisotopic (exact) mass is 392 g/mol. The first kappa shape index (κ1) is 19.4. The molecular weight excluding hydrogens is 364 g/mol. The van der Waals surface area contributed by atoms with Gasteiger partial charge in [-0.2, -0.15) is 5.10 Å². The molecule has 1 N–H and O–H groups in total. The highest BCUT2D eigenvalue weighted by Gasteiger charge is 2.36. The van der Waals surface area contributed by atoms with Crippen molar-refractivity contribution in [2.75, 3.05) is 0 Å². The molecule has 0 aliphatic heterocycles. The van der Waals surface area contributed by atoms with Gasteiger partial charge in [-0.3, -0.25) is 9.48 Å². The molecule has 29 heavy (non-hydrogen) atoms. The third kappa shape index (κ3) is 4.11. The van der Waals surface area contributed by atoms with Gasteiger partial charge in [-0.15, -0.1) is 0 Å². The van der Waals surface area contributed by atoms with Gasteiger partial charge in [0.2, 0.25) is 5.76 Å². The Kier molecular flexibility index (Phi) is 5.03. The van der Waals surface area contributed by atoms with E-state index in [2.05, 4.69) is 46.2 Å². The van der Waals surface area contributed by atoms with Crippen LogP contribution in [0, 0.1) is 5.41 Å². The number of hydrogen-bond acceptors (Lipinski definition) is 4. The molecule has 0 spiro atoms. The quantitative estimate of drug-likeness (QED) is 0.694. The Labute approximate surface area is 171 Å². The molecule has 1 aromatic carbocycles. The van der Waals surface area contributed by atoms with Gasteiger partial charge in [-0.1, -0.05) is 63.2 Å². The second kappa shape index (κ2) is 7.50. The number of carbonyl (C=O) groups is 1. The highest BCUT2D eigenvalue weighted by Crippen LogP contribution is 2.41. The van der Waals surface area contributed by atoms with Gasteiger partial charge >= 0.3 is 0 Å². The number of nitrogens with zero attached hydrogens (tertiary/aromatic N) is 3. The molecule has 1 aliphatic rings. The van der Waals surface area contributed by atoms with E-state index in [9.17, 15) is 4.79 Å². The van der Waals surface area contributed by atoms with Gasteiger partial charge in [0.05, 0.1) is 24.5 Å². The van der Waals surface area contributed by atoms with Crippen LogP contribution in [0.15, 0.2) is 47.1 Å². The Bertz CT molecular complexity index is 1000. The molecule has 1 unspecified atom stereocenters. The minimum absolute atomic E-state index is 0.0594. The molecule has 0 bridgehead atoms. The highest BCUT2D eigenvalue weighted by atomic mass is 16.5. The highest BCUT2D eigenvalue weighted by molar-refractivity contribution is 5.91. The van der Waals surface area contributed by atoms with E-state index in [0.29, 0.717) is 0 Å². The van der Waals surface area contributed by atoms with Crippen LogP contribution in [0.1, 0.15) is 79.1 Å². The average molecular weight is 393 g/mol. The molecule has 1 amide bonds. The minimum Gasteiger partial charge on any atom is -0.351 e. The molecule has 1 atom stereocenters. The summed E-state index contributed by atoms with van der Waals surface area (Å²) in [5.74, 6) is 0.251. The zero-order valence-corrected chi connectivity index (χ0v) is 17.5. The summed E-state index contributed by atoms with van der Waals surface area (Å²) in [6.45, 7) is 9.25. The van der Waals surface area contributed by atoms with Crippen LogP contribution < -0.4 is 5.32 Å². The Hall–Kier alpha value is -2.89. The van der Waals surface area contributed by atoms with Crippen molar-refractivity contribution in [3.8, 4) is 0 Å². The Morgan fingerprint density at radius 2 is 2.07 bits per heavy atom. The van der Waals surface area contributed by atoms with Crippen LogP contribution in [0.25, 0.3) is 0 Å². The molecule has 0 fully saturated rings. The maximum Gasteiger partial charge on any atom is 0.290 e. The van der Waals surface area contributed by atoms with Crippen molar-refractivity contribution in [2.45, 2.75) is 59.0 Å². The number of rotatable bonds is 5. The van der Waals surface area contributed by atoms with Crippen LogP contribution in [0.5, 0.6) is 0 Å². The lowest BCUT2D eigenvalue weighted by Gasteiger charge is -2.35. The van der Waals surface area contributed by atoms with Crippen molar-refractivity contribution in [3.05, 3.63) is 70.9 Å². The van der Waals surface area contributed by atoms with E-state index in [-0.39, 0.29) is 29.0 Å². The topological polar surface area (TPSA) is 73.0 Å². The second-order valence-corrected chi connectivity index (χ2v) is 9.03. The van der Waals surface area contributed by atoms with Crippen LogP contribution in [-0.2, 0) is 13.0 Å². The van der Waals surface area contributed by atoms with E-state index in [1.807, 2.05) is 38.2 Å². The SMILES string of the molecule is CC(C)c1cc(C(=O)NC2CC(C)(C)Cc3c2cnn3Cc2ccccc2)on1. The third-order valence-corrected chi connectivity index (χ3v) is 5.58. The molecule has 0 radical (unpaired) electrons. The van der Waals surface area contributed by atoms with E-state index in [1.54, 1.807) is 6.07 Å². The van der Waals surface area contributed by atoms with Crippen molar-refractivity contribution in [1.82, 2.24) is 20.3 Å². The largest absolute Gasteiger partial charge is 0.351 e. The fraction of sp³-hybridized carbons (Fsp3) is 0.435. The van der Waals surface area contributed by atoms with Crippen molar-refractivity contribution >= 4 is 5.91 Å². The predicted molar refractivity (Wildman–Crippen MR) is 111 cm³/mol. The summed E-state index contributed by atoms with van der Waals surface area (Å²) in [6, 6.07) is 12.0. The first-order valence-corrected chi connectivity index (χ1v) is 10.2. The van der Waals surface area contributed by atoms with Gasteiger partial charge in [0.25, 0.3) is 5.91 Å². The number of nitrogens with one attached hydrogen (secondary N) is 1. The maximum absolute atomic E-state index is 12.8. The summed E-state index contributed by atoms with van der Waals surface area (Å²) in [7, 11) is 0. The molecule has 0 saturated carbocycles. The zero-order valence-electron chi connectivity index (χ0n) is 17.5. The molecule has 1 aliphatic carbocycles. The van der Waals surface area contributed by atoms with Gasteiger partial charge in [0, 0.05) is 17.3 Å². The molecule has 6 nitrogen and oxygen atoms in total. The normalized spacial score (nSPS) is 17.9. The molecule has 2 aromatic heterocycles. The zero-order chi connectivity index (χ0) is 20.6. The Balaban J connectivity index is 1.58. The van der Waals surface area contributed by atoms with Crippen LogP contribution in [0.4, 0.5) is 0 Å². The lowest BCUT2D eigenvalue weighted by Crippen LogP contribution is -2.36. The summed E-state index contributed by atoms with van der Waals surface area (Å²) in [6.07, 6.45) is 3.69. The average Bonchev–Trinajstić information content (AvgIpc) is 3.30. The molecule has 6 heteroatoms. The Morgan fingerprint density at radius 1 is 1.31 bits per heavy atom. The smallest absolute Gasteiger partial charge is 0.290 e. The number of fused-ring (bicyclic) bond motifs is 1. The number of carbonyl (C=O) groups excluding carboxylic acids is 1. The maximum atomic E-state index is 12.8. The van der Waals surface area contributed by atoms with E-state index >= 15 is 0 Å². The summed E-state index contributed by atoms with van der Waals surface area (Å²) < 4.78 is 7.34. The third-order valence-electron chi connectivity index (χ3n) is 5.58. The van der Waals surface area contributed by atoms with Gasteiger partial charge in [0.1, 0.15) is 0 Å². The van der Waals surface area contributed by atoms with Gasteiger partial charge in [-0.25, -0.2) is 0 Å². The van der Waals surface area contributed by atoms with Gasteiger partial charge in [0.15, 0.2) is 0 Å². The van der Waals surface area contributed by atoms with Gasteiger partial charge < -0.3 is 9.84 Å². The van der Waals surface area contributed by atoms with E-state index in [1.165, 1.54) is 11.3 Å². The fourth-order valence-corrected chi connectivity index (χ4v) is 4.02. The van der Waals surface area contributed by atoms with E-state index in [4.69, 9.17) is 4.52 Å². The molecule has 0 saturated heterocycles. The second-order valence-electron chi connectivity index (χ2n) is 9.03. The molecule has 3 aromatic rings. The molecular formula is C23H28N4O2. The van der Waals surface area contributed by atoms with E-state index < -0.39 is 0 Å². The summed E-state index contributed by atoms with van der Waals surface area (Å²) in [4.78, 5) is 12.8. The van der Waals surface area contributed by atoms with Crippen LogP contribution in [0.2, 0.25) is 0 Å². The molecule has 152 valence electrons. The van der Waals surface area contributed by atoms with Crippen LogP contribution in [0.3, 0.4) is 0 Å². The van der Waals surface area contributed by atoms with Crippen molar-refractivity contribution in [1.29, 1.82) is 0 Å².